The van der Waals surface area contributed by atoms with Crippen LogP contribution >= 0.6 is 15.9 Å². The third kappa shape index (κ3) is 4.54. The monoisotopic (exact) mass is 371 g/mol. The Hall–Kier alpha value is -1.40. The number of benzene rings is 2. The van der Waals surface area contributed by atoms with Gasteiger partial charge in [-0.25, -0.2) is 12.8 Å². The van der Waals surface area contributed by atoms with Gasteiger partial charge in [-0.15, -0.1) is 0 Å². The Kier molecular flexibility index (Phi) is 5.00. The van der Waals surface area contributed by atoms with Crippen molar-refractivity contribution in [1.29, 1.82) is 0 Å². The minimum absolute atomic E-state index is 0.0475. The molecule has 0 heterocycles. The van der Waals surface area contributed by atoms with Gasteiger partial charge in [-0.05, 0) is 52.5 Å². The molecule has 6 heteroatoms. The predicted molar refractivity (Wildman–Crippen MR) is 86.4 cm³/mol. The standard InChI is InChI=1S/C15H15BrFNO2S/c1-11-9-13(16)14(17)10-15(11)18-21(19,20)8-7-12-5-3-2-4-6-12/h2-6,9-10,18H,7-8H2,1H3. The topological polar surface area (TPSA) is 46.2 Å². The number of hydrogen-bond donors (Lipinski definition) is 1. The van der Waals surface area contributed by atoms with Gasteiger partial charge in [-0.2, -0.15) is 0 Å². The maximum Gasteiger partial charge on any atom is 0.233 e. The van der Waals surface area contributed by atoms with Crippen molar-refractivity contribution in [3.8, 4) is 0 Å². The van der Waals surface area contributed by atoms with E-state index in [0.717, 1.165) is 5.56 Å². The molecular formula is C15H15BrFNO2S. The highest BCUT2D eigenvalue weighted by atomic mass is 79.9. The SMILES string of the molecule is Cc1cc(Br)c(F)cc1NS(=O)(=O)CCc1ccccc1. The Morgan fingerprint density at radius 1 is 1.19 bits per heavy atom. The van der Waals surface area contributed by atoms with Gasteiger partial charge in [0.25, 0.3) is 0 Å². The first-order valence-electron chi connectivity index (χ1n) is 6.37. The Morgan fingerprint density at radius 2 is 1.86 bits per heavy atom. The summed E-state index contributed by atoms with van der Waals surface area (Å²) in [5, 5.41) is 0. The van der Waals surface area contributed by atoms with Crippen LogP contribution in [0.4, 0.5) is 10.1 Å². The lowest BCUT2D eigenvalue weighted by molar-refractivity contribution is 0.600. The number of anilines is 1. The molecule has 0 amide bonds. The van der Waals surface area contributed by atoms with Crippen molar-refractivity contribution in [2.45, 2.75) is 13.3 Å². The van der Waals surface area contributed by atoms with Gasteiger partial charge in [-0.3, -0.25) is 4.72 Å². The fraction of sp³-hybridized carbons (Fsp3) is 0.200. The van der Waals surface area contributed by atoms with E-state index in [0.29, 0.717) is 16.5 Å². The first-order chi connectivity index (χ1) is 9.87. The molecular weight excluding hydrogens is 357 g/mol. The molecule has 0 radical (unpaired) electrons. The van der Waals surface area contributed by atoms with Crippen molar-refractivity contribution in [1.82, 2.24) is 0 Å². The lowest BCUT2D eigenvalue weighted by Crippen LogP contribution is -2.19. The molecule has 112 valence electrons. The van der Waals surface area contributed by atoms with Crippen molar-refractivity contribution in [3.05, 3.63) is 63.9 Å². The summed E-state index contributed by atoms with van der Waals surface area (Å²) in [5.41, 5.74) is 1.87. The Balaban J connectivity index is 2.09. The minimum Gasteiger partial charge on any atom is -0.283 e. The summed E-state index contributed by atoms with van der Waals surface area (Å²) >= 11 is 3.07. The summed E-state index contributed by atoms with van der Waals surface area (Å²) in [6.07, 6.45) is 0.411. The molecule has 2 aromatic carbocycles. The zero-order chi connectivity index (χ0) is 15.5. The molecule has 0 spiro atoms. The van der Waals surface area contributed by atoms with Crippen LogP contribution < -0.4 is 4.72 Å². The normalized spacial score (nSPS) is 11.4. The van der Waals surface area contributed by atoms with Gasteiger partial charge in [0.1, 0.15) is 5.82 Å². The van der Waals surface area contributed by atoms with Crippen LogP contribution in [-0.2, 0) is 16.4 Å². The lowest BCUT2D eigenvalue weighted by Gasteiger charge is -2.11. The van der Waals surface area contributed by atoms with Crippen LogP contribution in [0.1, 0.15) is 11.1 Å². The first kappa shape index (κ1) is 16.0. The van der Waals surface area contributed by atoms with Crippen molar-refractivity contribution in [2.24, 2.45) is 0 Å². The van der Waals surface area contributed by atoms with Crippen LogP contribution in [0.15, 0.2) is 46.9 Å². The molecule has 21 heavy (non-hydrogen) atoms. The second-order valence-electron chi connectivity index (χ2n) is 4.74. The fourth-order valence-electron chi connectivity index (χ4n) is 1.87. The van der Waals surface area contributed by atoms with Gasteiger partial charge >= 0.3 is 0 Å². The van der Waals surface area contributed by atoms with Crippen LogP contribution in [0.5, 0.6) is 0 Å². The maximum atomic E-state index is 13.5. The van der Waals surface area contributed by atoms with Gasteiger partial charge in [-0.1, -0.05) is 30.3 Å². The lowest BCUT2D eigenvalue weighted by atomic mass is 10.2. The van der Waals surface area contributed by atoms with E-state index < -0.39 is 15.8 Å². The molecule has 0 atom stereocenters. The van der Waals surface area contributed by atoms with Crippen molar-refractivity contribution < 1.29 is 12.8 Å². The predicted octanol–water partition coefficient (Wildman–Crippen LogP) is 3.88. The summed E-state index contributed by atoms with van der Waals surface area (Å²) in [7, 11) is -3.52. The zero-order valence-corrected chi connectivity index (χ0v) is 13.8. The fourth-order valence-corrected chi connectivity index (χ4v) is 3.49. The van der Waals surface area contributed by atoms with Gasteiger partial charge < -0.3 is 0 Å². The summed E-state index contributed by atoms with van der Waals surface area (Å²) in [4.78, 5) is 0. The molecule has 3 nitrogen and oxygen atoms in total. The summed E-state index contributed by atoms with van der Waals surface area (Å²) in [6.45, 7) is 1.72. The Bertz CT molecular complexity index is 733. The number of rotatable bonds is 5. The van der Waals surface area contributed by atoms with E-state index in [-0.39, 0.29) is 11.4 Å². The number of hydrogen-bond acceptors (Lipinski definition) is 2. The van der Waals surface area contributed by atoms with E-state index in [2.05, 4.69) is 20.7 Å². The molecule has 0 saturated carbocycles. The number of sulfonamides is 1. The maximum absolute atomic E-state index is 13.5. The quantitative estimate of drug-likeness (QED) is 0.866. The Morgan fingerprint density at radius 3 is 2.52 bits per heavy atom. The van der Waals surface area contributed by atoms with Gasteiger partial charge in [0.15, 0.2) is 0 Å². The molecule has 0 aromatic heterocycles. The van der Waals surface area contributed by atoms with E-state index in [1.165, 1.54) is 6.07 Å². The average molecular weight is 372 g/mol. The molecule has 0 bridgehead atoms. The van der Waals surface area contributed by atoms with E-state index in [1.807, 2.05) is 30.3 Å². The average Bonchev–Trinajstić information content (AvgIpc) is 2.44. The summed E-state index contributed by atoms with van der Waals surface area (Å²) in [5.74, 6) is -0.546. The summed E-state index contributed by atoms with van der Waals surface area (Å²) in [6, 6.07) is 12.1. The minimum atomic E-state index is -3.52. The van der Waals surface area contributed by atoms with Crippen LogP contribution in [0.3, 0.4) is 0 Å². The van der Waals surface area contributed by atoms with Crippen LogP contribution in [0, 0.1) is 12.7 Å². The number of halogens is 2. The van der Waals surface area contributed by atoms with Crippen LogP contribution in [0.2, 0.25) is 0 Å². The molecule has 0 aliphatic rings. The molecule has 2 aromatic rings. The van der Waals surface area contributed by atoms with E-state index in [1.54, 1.807) is 13.0 Å². The highest BCUT2D eigenvalue weighted by molar-refractivity contribution is 9.10. The van der Waals surface area contributed by atoms with Crippen LogP contribution in [-0.4, -0.2) is 14.2 Å². The van der Waals surface area contributed by atoms with Gasteiger partial charge in [0, 0.05) is 0 Å². The molecule has 0 aliphatic heterocycles. The van der Waals surface area contributed by atoms with Crippen molar-refractivity contribution in [3.63, 3.8) is 0 Å². The highest BCUT2D eigenvalue weighted by Gasteiger charge is 2.14. The van der Waals surface area contributed by atoms with Crippen molar-refractivity contribution in [2.75, 3.05) is 10.5 Å². The van der Waals surface area contributed by atoms with Crippen molar-refractivity contribution >= 4 is 31.6 Å². The Labute approximate surface area is 132 Å². The highest BCUT2D eigenvalue weighted by Crippen LogP contribution is 2.24. The second kappa shape index (κ2) is 6.58. The van der Waals surface area contributed by atoms with E-state index >= 15 is 0 Å². The summed E-state index contributed by atoms with van der Waals surface area (Å²) < 4.78 is 40.4. The first-order valence-corrected chi connectivity index (χ1v) is 8.82. The molecule has 1 N–H and O–H groups in total. The number of aryl methyl sites for hydroxylation is 2. The molecule has 0 saturated heterocycles. The smallest absolute Gasteiger partial charge is 0.233 e. The van der Waals surface area contributed by atoms with Crippen LogP contribution in [0.25, 0.3) is 0 Å². The van der Waals surface area contributed by atoms with Gasteiger partial charge in [0.2, 0.25) is 10.0 Å². The molecule has 0 unspecified atom stereocenters. The third-order valence-electron chi connectivity index (χ3n) is 3.04. The molecule has 0 aliphatic carbocycles. The molecule has 0 fully saturated rings. The van der Waals surface area contributed by atoms with E-state index in [9.17, 15) is 12.8 Å². The number of nitrogens with one attached hydrogen (secondary N) is 1. The molecule has 2 rings (SSSR count). The largest absolute Gasteiger partial charge is 0.283 e. The van der Waals surface area contributed by atoms with E-state index in [4.69, 9.17) is 0 Å². The second-order valence-corrected chi connectivity index (χ2v) is 7.43. The van der Waals surface area contributed by atoms with Gasteiger partial charge in [0.05, 0.1) is 15.9 Å². The zero-order valence-electron chi connectivity index (χ0n) is 11.4. The third-order valence-corrected chi connectivity index (χ3v) is 4.92.